The molecule has 2 fully saturated rings. The van der Waals surface area contributed by atoms with Gasteiger partial charge in [0, 0.05) is 30.8 Å². The van der Waals surface area contributed by atoms with Crippen molar-refractivity contribution in [2.24, 2.45) is 5.92 Å². The first-order chi connectivity index (χ1) is 18.2. The summed E-state index contributed by atoms with van der Waals surface area (Å²) in [5.74, 6) is 0.875. The van der Waals surface area contributed by atoms with Crippen LogP contribution in [0.5, 0.6) is 0 Å². The summed E-state index contributed by atoms with van der Waals surface area (Å²) in [4.78, 5) is 32.6. The van der Waals surface area contributed by atoms with Crippen LogP contribution in [0.25, 0.3) is 44.8 Å². The van der Waals surface area contributed by atoms with Crippen molar-refractivity contribution in [3.05, 3.63) is 48.8 Å². The van der Waals surface area contributed by atoms with Crippen molar-refractivity contribution in [1.29, 1.82) is 0 Å². The smallest absolute Gasteiger partial charge is 0.227 e. The molecule has 1 aliphatic heterocycles. The van der Waals surface area contributed by atoms with Gasteiger partial charge in [-0.15, -0.1) is 0 Å². The van der Waals surface area contributed by atoms with Gasteiger partial charge in [-0.2, -0.15) is 5.10 Å². The number of aromatic nitrogens is 6. The number of imidazole rings is 1. The lowest BCUT2D eigenvalue weighted by Gasteiger charge is -2.28. The van der Waals surface area contributed by atoms with Crippen LogP contribution in [0.15, 0.2) is 48.8 Å². The van der Waals surface area contributed by atoms with Gasteiger partial charge in [-0.3, -0.25) is 14.9 Å². The Kier molecular flexibility index (Phi) is 5.34. The molecule has 1 aromatic carbocycles. The number of nitrogens with one attached hydrogen (secondary N) is 3. The van der Waals surface area contributed by atoms with Crippen molar-refractivity contribution >= 4 is 39.3 Å². The Bertz CT molecular complexity index is 1610. The second kappa shape index (κ2) is 8.99. The summed E-state index contributed by atoms with van der Waals surface area (Å²) in [5.41, 5.74) is 7.64. The quantitative estimate of drug-likeness (QED) is 0.307. The molecule has 186 valence electrons. The summed E-state index contributed by atoms with van der Waals surface area (Å²) in [6.07, 6.45) is 10.2. The number of nitrogens with zero attached hydrogens (tertiary/aromatic N) is 5. The number of hydrogen-bond donors (Lipinski definition) is 3. The molecular formula is C28H28N8O. The molecule has 1 saturated carbocycles. The Morgan fingerprint density at radius 2 is 1.84 bits per heavy atom. The molecular weight excluding hydrogens is 464 g/mol. The van der Waals surface area contributed by atoms with Gasteiger partial charge in [-0.1, -0.05) is 12.5 Å². The zero-order valence-electron chi connectivity index (χ0n) is 20.5. The van der Waals surface area contributed by atoms with Crippen LogP contribution < -0.4 is 10.2 Å². The van der Waals surface area contributed by atoms with Gasteiger partial charge in [-0.05, 0) is 62.4 Å². The first-order valence-corrected chi connectivity index (χ1v) is 13.1. The summed E-state index contributed by atoms with van der Waals surface area (Å²) in [5, 5.41) is 10.7. The fourth-order valence-electron chi connectivity index (χ4n) is 5.31. The highest BCUT2D eigenvalue weighted by Crippen LogP contribution is 2.33. The summed E-state index contributed by atoms with van der Waals surface area (Å²) in [6, 6.07) is 12.1. The largest absolute Gasteiger partial charge is 0.370 e. The van der Waals surface area contributed by atoms with Gasteiger partial charge in [0.05, 0.1) is 34.3 Å². The molecule has 2 aliphatic rings. The Labute approximate surface area is 213 Å². The molecule has 9 heteroatoms. The molecule has 4 aromatic heterocycles. The second-order valence-corrected chi connectivity index (χ2v) is 10.1. The average molecular weight is 493 g/mol. The summed E-state index contributed by atoms with van der Waals surface area (Å²) < 4.78 is 0. The Hall–Kier alpha value is -4.27. The molecule has 1 aliphatic carbocycles. The van der Waals surface area contributed by atoms with Gasteiger partial charge in [0.1, 0.15) is 11.0 Å². The van der Waals surface area contributed by atoms with E-state index in [-0.39, 0.29) is 11.8 Å². The van der Waals surface area contributed by atoms with Crippen LogP contribution in [0.2, 0.25) is 0 Å². The van der Waals surface area contributed by atoms with Crippen molar-refractivity contribution in [1.82, 2.24) is 30.1 Å². The number of piperidine rings is 1. The highest BCUT2D eigenvalue weighted by molar-refractivity contribution is 5.96. The lowest BCUT2D eigenvalue weighted by atomic mass is 9.85. The summed E-state index contributed by atoms with van der Waals surface area (Å²) in [7, 11) is 0. The zero-order valence-corrected chi connectivity index (χ0v) is 20.5. The molecule has 3 N–H and O–H groups in total. The third-order valence-corrected chi connectivity index (χ3v) is 7.60. The molecule has 0 spiro atoms. The van der Waals surface area contributed by atoms with Crippen molar-refractivity contribution in [3.8, 4) is 22.8 Å². The first kappa shape index (κ1) is 22.0. The van der Waals surface area contributed by atoms with Gasteiger partial charge < -0.3 is 15.2 Å². The van der Waals surface area contributed by atoms with Gasteiger partial charge >= 0.3 is 0 Å². The Morgan fingerprint density at radius 1 is 0.946 bits per heavy atom. The van der Waals surface area contributed by atoms with E-state index in [9.17, 15) is 4.79 Å². The molecule has 37 heavy (non-hydrogen) atoms. The SMILES string of the molecule is O=C(Nc1cncc(-c2ccc3[nH]nc(-c4nc5c(N6CCCCC6)cccc5[nH]4)c3n2)c1)C1CCC1. The predicted octanol–water partition coefficient (Wildman–Crippen LogP) is 5.29. The van der Waals surface area contributed by atoms with Crippen LogP contribution in [0, 0.1) is 5.92 Å². The minimum Gasteiger partial charge on any atom is -0.370 e. The molecule has 0 bridgehead atoms. The summed E-state index contributed by atoms with van der Waals surface area (Å²) in [6.45, 7) is 2.12. The monoisotopic (exact) mass is 492 g/mol. The minimum atomic E-state index is 0.0690. The van der Waals surface area contributed by atoms with E-state index in [1.807, 2.05) is 18.2 Å². The van der Waals surface area contributed by atoms with E-state index in [0.29, 0.717) is 17.2 Å². The van der Waals surface area contributed by atoms with Crippen LogP contribution >= 0.6 is 0 Å². The molecule has 1 amide bonds. The number of aromatic amines is 2. The van der Waals surface area contributed by atoms with Gasteiger partial charge in [0.2, 0.25) is 5.91 Å². The fourth-order valence-corrected chi connectivity index (χ4v) is 5.31. The topological polar surface area (TPSA) is 115 Å². The van der Waals surface area contributed by atoms with Gasteiger partial charge in [0.15, 0.2) is 11.5 Å². The van der Waals surface area contributed by atoms with E-state index in [1.54, 1.807) is 12.4 Å². The van der Waals surface area contributed by atoms with Crippen LogP contribution in [-0.4, -0.2) is 49.1 Å². The third kappa shape index (κ3) is 4.00. The highest BCUT2D eigenvalue weighted by atomic mass is 16.1. The minimum absolute atomic E-state index is 0.0690. The van der Waals surface area contributed by atoms with Gasteiger partial charge in [0.25, 0.3) is 0 Å². The van der Waals surface area contributed by atoms with Crippen molar-refractivity contribution in [2.75, 3.05) is 23.3 Å². The highest BCUT2D eigenvalue weighted by Gasteiger charge is 2.25. The number of fused-ring (bicyclic) bond motifs is 2. The molecule has 1 saturated heterocycles. The number of anilines is 2. The zero-order chi connectivity index (χ0) is 24.8. The van der Waals surface area contributed by atoms with Crippen LogP contribution in [0.4, 0.5) is 11.4 Å². The van der Waals surface area contributed by atoms with Crippen LogP contribution in [0.1, 0.15) is 38.5 Å². The van der Waals surface area contributed by atoms with E-state index >= 15 is 0 Å². The maximum Gasteiger partial charge on any atom is 0.227 e. The standard InChI is InChI=1S/C28H28N8O/c37-28(17-6-4-7-17)30-19-14-18(15-29-16-19)20-10-11-22-25(31-20)26(35-34-22)27-32-21-8-5-9-23(24(21)33-27)36-12-2-1-3-13-36/h5,8-11,14-17H,1-4,6-7,12-13H2,(H,30,37)(H,32,33)(H,34,35). The number of amides is 1. The van der Waals surface area contributed by atoms with Crippen molar-refractivity contribution < 1.29 is 4.79 Å². The van der Waals surface area contributed by atoms with E-state index in [0.717, 1.165) is 65.7 Å². The number of carbonyl (C=O) groups excluding carboxylic acids is 1. The average Bonchev–Trinajstić information content (AvgIpc) is 3.52. The van der Waals surface area contributed by atoms with Gasteiger partial charge in [-0.25, -0.2) is 9.97 Å². The maximum absolute atomic E-state index is 12.4. The number of hydrogen-bond acceptors (Lipinski definition) is 6. The number of rotatable bonds is 5. The molecule has 7 rings (SSSR count). The lowest BCUT2D eigenvalue weighted by Crippen LogP contribution is -2.29. The number of carbonyl (C=O) groups is 1. The number of benzene rings is 1. The van der Waals surface area contributed by atoms with Crippen molar-refractivity contribution in [2.45, 2.75) is 38.5 Å². The third-order valence-electron chi connectivity index (χ3n) is 7.60. The molecule has 0 radical (unpaired) electrons. The molecule has 0 unspecified atom stereocenters. The molecule has 9 nitrogen and oxygen atoms in total. The second-order valence-electron chi connectivity index (χ2n) is 10.1. The predicted molar refractivity (Wildman–Crippen MR) is 144 cm³/mol. The first-order valence-electron chi connectivity index (χ1n) is 13.1. The fraction of sp³-hybridized carbons (Fsp3) is 0.321. The number of pyridine rings is 2. The van der Waals surface area contributed by atoms with Crippen LogP contribution in [-0.2, 0) is 4.79 Å². The van der Waals surface area contributed by atoms with E-state index < -0.39 is 0 Å². The number of para-hydroxylation sites is 1. The lowest BCUT2D eigenvalue weighted by molar-refractivity contribution is -0.122. The molecule has 5 aromatic rings. The van der Waals surface area contributed by atoms with Crippen molar-refractivity contribution in [3.63, 3.8) is 0 Å². The Balaban J connectivity index is 1.23. The number of H-pyrrole nitrogens is 2. The molecule has 0 atom stereocenters. The summed E-state index contributed by atoms with van der Waals surface area (Å²) >= 11 is 0. The van der Waals surface area contributed by atoms with E-state index in [1.165, 1.54) is 24.9 Å². The Morgan fingerprint density at radius 3 is 2.68 bits per heavy atom. The van der Waals surface area contributed by atoms with E-state index in [2.05, 4.69) is 48.6 Å². The molecule has 5 heterocycles. The van der Waals surface area contributed by atoms with Crippen LogP contribution in [0.3, 0.4) is 0 Å². The maximum atomic E-state index is 12.4. The van der Waals surface area contributed by atoms with E-state index in [4.69, 9.17) is 9.97 Å². The normalized spacial score (nSPS) is 16.3.